The fraction of sp³-hybridized carbons (Fsp3) is 0.643. The number of amides is 1. The molecule has 0 aromatic heterocycles. The van der Waals surface area contributed by atoms with Gasteiger partial charge in [0.05, 0.1) is 8.07 Å². The summed E-state index contributed by atoms with van der Waals surface area (Å²) in [7, 11) is -1.26. The third kappa shape index (κ3) is 8.12. The summed E-state index contributed by atoms with van der Waals surface area (Å²) in [6.07, 6.45) is 1.67. The van der Waals surface area contributed by atoms with E-state index in [1.54, 1.807) is 0 Å². The number of carbonyl (C=O) groups is 1. The lowest BCUT2D eigenvalue weighted by atomic mass is 10.2. The lowest BCUT2D eigenvalue weighted by Crippen LogP contribution is -2.33. The summed E-state index contributed by atoms with van der Waals surface area (Å²) in [5.74, 6) is 0. The molecular formula is C14H27NO2Si. The van der Waals surface area contributed by atoms with Crippen LogP contribution in [-0.4, -0.2) is 26.3 Å². The summed E-state index contributed by atoms with van der Waals surface area (Å²) in [5.41, 5.74) is 0.441. The molecular weight excluding hydrogens is 242 g/mol. The maximum absolute atomic E-state index is 11.5. The Balaban J connectivity index is 4.25. The minimum Gasteiger partial charge on any atom is -0.444 e. The highest BCUT2D eigenvalue weighted by Crippen LogP contribution is 2.15. The Bertz CT molecular complexity index is 346. The number of ether oxygens (including phenoxy) is 1. The lowest BCUT2D eigenvalue weighted by molar-refractivity contribution is 0.0533. The molecule has 0 aromatic carbocycles. The molecule has 0 aliphatic carbocycles. The maximum Gasteiger partial charge on any atom is 0.407 e. The smallest absolute Gasteiger partial charge is 0.407 e. The van der Waals surface area contributed by atoms with Crippen molar-refractivity contribution in [3.05, 3.63) is 23.4 Å². The molecule has 0 heterocycles. The molecule has 0 aliphatic heterocycles. The van der Waals surface area contributed by atoms with Gasteiger partial charge in [-0.1, -0.05) is 37.5 Å². The van der Waals surface area contributed by atoms with Crippen LogP contribution in [0.5, 0.6) is 0 Å². The standard InChI is InChI=1S/C14H27NO2Si/c1-11(9-12(2)18(6,7)8)10-15-13(16)17-14(3,4)5/h9H,1,10H2,2-8H3,(H,15,16)/b12-9+. The topological polar surface area (TPSA) is 38.3 Å². The highest BCUT2D eigenvalue weighted by atomic mass is 28.3. The van der Waals surface area contributed by atoms with Gasteiger partial charge in [0, 0.05) is 6.54 Å². The first-order valence-electron chi connectivity index (χ1n) is 6.25. The molecule has 0 fully saturated rings. The molecule has 0 aromatic rings. The van der Waals surface area contributed by atoms with E-state index in [9.17, 15) is 4.79 Å². The third-order valence-electron chi connectivity index (χ3n) is 2.46. The summed E-state index contributed by atoms with van der Waals surface area (Å²) in [4.78, 5) is 11.5. The summed E-state index contributed by atoms with van der Waals surface area (Å²) in [6, 6.07) is 0. The minimum atomic E-state index is -1.26. The van der Waals surface area contributed by atoms with Gasteiger partial charge in [0.25, 0.3) is 0 Å². The largest absolute Gasteiger partial charge is 0.444 e. The van der Waals surface area contributed by atoms with Crippen molar-refractivity contribution in [1.29, 1.82) is 0 Å². The van der Waals surface area contributed by atoms with Gasteiger partial charge in [-0.3, -0.25) is 0 Å². The Kier molecular flexibility index (Phi) is 5.87. The first kappa shape index (κ1) is 17.0. The van der Waals surface area contributed by atoms with Crippen LogP contribution >= 0.6 is 0 Å². The van der Waals surface area contributed by atoms with Crippen LogP contribution in [0.3, 0.4) is 0 Å². The average molecular weight is 269 g/mol. The van der Waals surface area contributed by atoms with E-state index in [1.807, 2.05) is 20.8 Å². The number of allylic oxidation sites excluding steroid dienone is 1. The van der Waals surface area contributed by atoms with E-state index in [-0.39, 0.29) is 0 Å². The van der Waals surface area contributed by atoms with Crippen molar-refractivity contribution in [3.63, 3.8) is 0 Å². The molecule has 4 heteroatoms. The lowest BCUT2D eigenvalue weighted by Gasteiger charge is -2.20. The second-order valence-corrected chi connectivity index (χ2v) is 11.9. The van der Waals surface area contributed by atoms with Crippen molar-refractivity contribution in [1.82, 2.24) is 5.32 Å². The molecule has 0 aliphatic rings. The van der Waals surface area contributed by atoms with Crippen molar-refractivity contribution in [2.45, 2.75) is 52.9 Å². The Hall–Kier alpha value is -1.03. The number of hydrogen-bond donors (Lipinski definition) is 1. The van der Waals surface area contributed by atoms with E-state index < -0.39 is 19.8 Å². The highest BCUT2D eigenvalue weighted by molar-refractivity contribution is 6.83. The van der Waals surface area contributed by atoms with Gasteiger partial charge in [-0.2, -0.15) is 0 Å². The molecule has 0 unspecified atom stereocenters. The van der Waals surface area contributed by atoms with Gasteiger partial charge in [0.2, 0.25) is 0 Å². The van der Waals surface area contributed by atoms with E-state index >= 15 is 0 Å². The molecule has 3 nitrogen and oxygen atoms in total. The molecule has 0 saturated carbocycles. The normalized spacial score (nSPS) is 13.2. The van der Waals surface area contributed by atoms with Gasteiger partial charge in [-0.25, -0.2) is 4.79 Å². The molecule has 0 saturated heterocycles. The number of alkyl carbamates (subject to hydrolysis) is 1. The molecule has 1 N–H and O–H groups in total. The minimum absolute atomic E-state index is 0.400. The van der Waals surface area contributed by atoms with E-state index in [2.05, 4.69) is 44.5 Å². The summed E-state index contributed by atoms with van der Waals surface area (Å²) in [5, 5.41) is 4.08. The molecule has 104 valence electrons. The zero-order valence-electron chi connectivity index (χ0n) is 12.8. The second kappa shape index (κ2) is 6.23. The number of carbonyl (C=O) groups excluding carboxylic acids is 1. The van der Waals surface area contributed by atoms with Crippen molar-refractivity contribution in [2.24, 2.45) is 0 Å². The second-order valence-electron chi connectivity index (χ2n) is 6.59. The Morgan fingerprint density at radius 2 is 1.83 bits per heavy atom. The molecule has 0 spiro atoms. The Morgan fingerprint density at radius 3 is 2.22 bits per heavy atom. The van der Waals surface area contributed by atoms with Crippen molar-refractivity contribution in [3.8, 4) is 0 Å². The Morgan fingerprint density at radius 1 is 1.33 bits per heavy atom. The highest BCUT2D eigenvalue weighted by Gasteiger charge is 2.17. The molecule has 0 bridgehead atoms. The monoisotopic (exact) mass is 269 g/mol. The quantitative estimate of drug-likeness (QED) is 0.621. The van der Waals surface area contributed by atoms with Crippen molar-refractivity contribution in [2.75, 3.05) is 6.54 Å². The molecule has 0 radical (unpaired) electrons. The van der Waals surface area contributed by atoms with Crippen molar-refractivity contribution < 1.29 is 9.53 Å². The third-order valence-corrected chi connectivity index (χ3v) is 4.97. The van der Waals surface area contributed by atoms with Crippen LogP contribution < -0.4 is 5.32 Å². The number of nitrogens with one attached hydrogen (secondary N) is 1. The van der Waals surface area contributed by atoms with Crippen LogP contribution in [0, 0.1) is 0 Å². The SMILES string of the molecule is C=C(/C=C(\C)[Si](C)(C)C)CNC(=O)OC(C)(C)C. The van der Waals surface area contributed by atoms with E-state index in [4.69, 9.17) is 4.74 Å². The summed E-state index contributed by atoms with van der Waals surface area (Å²) >= 11 is 0. The first-order chi connectivity index (χ1) is 7.92. The average Bonchev–Trinajstić information content (AvgIpc) is 2.10. The van der Waals surface area contributed by atoms with Crippen LogP contribution in [0.25, 0.3) is 0 Å². The molecule has 1 amide bonds. The predicted octanol–water partition coefficient (Wildman–Crippen LogP) is 3.89. The van der Waals surface area contributed by atoms with E-state index in [1.165, 1.54) is 5.20 Å². The Labute approximate surface area is 112 Å². The van der Waals surface area contributed by atoms with Crippen LogP contribution in [0.4, 0.5) is 4.79 Å². The van der Waals surface area contributed by atoms with Crippen molar-refractivity contribution >= 4 is 14.2 Å². The number of hydrogen-bond acceptors (Lipinski definition) is 2. The maximum atomic E-state index is 11.5. The van der Waals surface area contributed by atoms with Gasteiger partial charge in [0.1, 0.15) is 5.60 Å². The fourth-order valence-corrected chi connectivity index (χ4v) is 1.71. The summed E-state index contributed by atoms with van der Waals surface area (Å²) in [6.45, 7) is 18.9. The molecule has 18 heavy (non-hydrogen) atoms. The zero-order chi connectivity index (χ0) is 14.6. The predicted molar refractivity (Wildman–Crippen MR) is 80.5 cm³/mol. The van der Waals surface area contributed by atoms with Gasteiger partial charge < -0.3 is 10.1 Å². The zero-order valence-corrected chi connectivity index (χ0v) is 13.8. The summed E-state index contributed by atoms with van der Waals surface area (Å²) < 4.78 is 5.16. The van der Waals surface area contributed by atoms with E-state index in [0.29, 0.717) is 6.54 Å². The van der Waals surface area contributed by atoms with Gasteiger partial charge >= 0.3 is 6.09 Å². The molecule has 0 atom stereocenters. The number of rotatable bonds is 4. The van der Waals surface area contributed by atoms with Gasteiger partial charge in [0.15, 0.2) is 0 Å². The molecule has 0 rings (SSSR count). The first-order valence-corrected chi connectivity index (χ1v) is 9.75. The van der Waals surface area contributed by atoms with Crippen LogP contribution in [-0.2, 0) is 4.74 Å². The van der Waals surface area contributed by atoms with Crippen LogP contribution in [0.1, 0.15) is 27.7 Å². The van der Waals surface area contributed by atoms with E-state index in [0.717, 1.165) is 5.57 Å². The fourth-order valence-electron chi connectivity index (χ4n) is 1.07. The van der Waals surface area contributed by atoms with Gasteiger partial charge in [-0.05, 0) is 33.3 Å². The van der Waals surface area contributed by atoms with Crippen LogP contribution in [0.15, 0.2) is 23.4 Å². The van der Waals surface area contributed by atoms with Gasteiger partial charge in [-0.15, -0.1) is 0 Å². The van der Waals surface area contributed by atoms with Crippen LogP contribution in [0.2, 0.25) is 19.6 Å².